The van der Waals surface area contributed by atoms with Crippen molar-refractivity contribution in [3.05, 3.63) is 45.7 Å². The second-order valence-electron chi connectivity index (χ2n) is 3.59. The highest BCUT2D eigenvalue weighted by Crippen LogP contribution is 2.32. The molecule has 0 saturated carbocycles. The molecule has 1 heterocycles. The second-order valence-corrected chi connectivity index (χ2v) is 4.41. The lowest BCUT2D eigenvalue weighted by molar-refractivity contribution is 0.628. The lowest BCUT2D eigenvalue weighted by Gasteiger charge is -2.08. The van der Waals surface area contributed by atoms with Crippen LogP contribution in [0.2, 0.25) is 10.0 Å². The molecule has 0 aliphatic rings. The van der Waals surface area contributed by atoms with Crippen molar-refractivity contribution in [1.82, 2.24) is 4.98 Å². The minimum Gasteiger partial charge on any atom is -0.307 e. The molecule has 0 unspecified atom stereocenters. The van der Waals surface area contributed by atoms with Gasteiger partial charge in [0.15, 0.2) is 5.82 Å². The summed E-state index contributed by atoms with van der Waals surface area (Å²) in [6, 6.07) is 7.47. The lowest BCUT2D eigenvalue weighted by atomic mass is 10.1. The van der Waals surface area contributed by atoms with Crippen molar-refractivity contribution in [2.45, 2.75) is 0 Å². The first-order valence-corrected chi connectivity index (χ1v) is 5.85. The van der Waals surface area contributed by atoms with E-state index >= 15 is 0 Å². The molecule has 2 aromatic rings. The van der Waals surface area contributed by atoms with Crippen LogP contribution in [-0.4, -0.2) is 4.98 Å². The fourth-order valence-corrected chi connectivity index (χ4v) is 2.01. The van der Waals surface area contributed by atoms with Crippen molar-refractivity contribution in [2.75, 3.05) is 5.43 Å². The molecule has 0 atom stereocenters. The Balaban J connectivity index is 2.60. The fourth-order valence-electron chi connectivity index (χ4n) is 1.53. The van der Waals surface area contributed by atoms with E-state index in [-0.39, 0.29) is 21.4 Å². The van der Waals surface area contributed by atoms with E-state index in [4.69, 9.17) is 34.3 Å². The van der Waals surface area contributed by atoms with Crippen LogP contribution in [-0.2, 0) is 0 Å². The molecule has 0 aliphatic heterocycles. The van der Waals surface area contributed by atoms with E-state index < -0.39 is 5.82 Å². The molecule has 3 N–H and O–H groups in total. The summed E-state index contributed by atoms with van der Waals surface area (Å²) in [6.07, 6.45) is 0. The number of rotatable bonds is 2. The van der Waals surface area contributed by atoms with Gasteiger partial charge < -0.3 is 5.43 Å². The van der Waals surface area contributed by atoms with E-state index in [9.17, 15) is 4.39 Å². The average molecular weight is 297 g/mol. The Bertz CT molecular complexity index is 682. The van der Waals surface area contributed by atoms with Gasteiger partial charge in [-0.3, -0.25) is 0 Å². The molecule has 1 aromatic carbocycles. The SMILES string of the molecule is N#Cc1ccc(-c2cc(F)c(Cl)cc2Cl)nc1NN. The zero-order valence-corrected chi connectivity index (χ0v) is 10.9. The molecule has 0 amide bonds. The van der Waals surface area contributed by atoms with Crippen molar-refractivity contribution in [3.63, 3.8) is 0 Å². The van der Waals surface area contributed by atoms with Crippen LogP contribution in [0.25, 0.3) is 11.3 Å². The summed E-state index contributed by atoms with van der Waals surface area (Å²) in [4.78, 5) is 4.11. The molecule has 0 fully saturated rings. The number of hydrazine groups is 1. The maximum absolute atomic E-state index is 13.5. The van der Waals surface area contributed by atoms with Crippen molar-refractivity contribution in [1.29, 1.82) is 5.26 Å². The first kappa shape index (κ1) is 13.6. The van der Waals surface area contributed by atoms with Gasteiger partial charge in [0.25, 0.3) is 0 Å². The zero-order chi connectivity index (χ0) is 14.0. The number of nitrogens with zero attached hydrogens (tertiary/aromatic N) is 2. The topological polar surface area (TPSA) is 74.7 Å². The quantitative estimate of drug-likeness (QED) is 0.506. The van der Waals surface area contributed by atoms with Gasteiger partial charge in [-0.2, -0.15) is 5.26 Å². The van der Waals surface area contributed by atoms with Gasteiger partial charge in [-0.15, -0.1) is 0 Å². The third-order valence-electron chi connectivity index (χ3n) is 2.44. The first-order valence-electron chi connectivity index (χ1n) is 5.09. The van der Waals surface area contributed by atoms with Gasteiger partial charge in [0.1, 0.15) is 11.9 Å². The Labute approximate surface area is 118 Å². The van der Waals surface area contributed by atoms with E-state index in [1.54, 1.807) is 6.07 Å². The number of anilines is 1. The van der Waals surface area contributed by atoms with Gasteiger partial charge in [-0.1, -0.05) is 23.2 Å². The summed E-state index contributed by atoms with van der Waals surface area (Å²) in [6.45, 7) is 0. The third-order valence-corrected chi connectivity index (χ3v) is 3.04. The van der Waals surface area contributed by atoms with Crippen LogP contribution < -0.4 is 11.3 Å². The number of hydrogen-bond acceptors (Lipinski definition) is 4. The highest BCUT2D eigenvalue weighted by Gasteiger charge is 2.12. The van der Waals surface area contributed by atoms with Crippen LogP contribution in [0, 0.1) is 17.1 Å². The number of benzene rings is 1. The molecule has 1 aromatic heterocycles. The Morgan fingerprint density at radius 3 is 2.63 bits per heavy atom. The van der Waals surface area contributed by atoms with E-state index in [1.165, 1.54) is 18.2 Å². The molecule has 0 spiro atoms. The number of pyridine rings is 1. The van der Waals surface area contributed by atoms with Gasteiger partial charge in [0.2, 0.25) is 0 Å². The van der Waals surface area contributed by atoms with Crippen molar-refractivity contribution < 1.29 is 4.39 Å². The van der Waals surface area contributed by atoms with Crippen molar-refractivity contribution >= 4 is 29.0 Å². The minimum absolute atomic E-state index is 0.0698. The van der Waals surface area contributed by atoms with Gasteiger partial charge >= 0.3 is 0 Å². The number of nitriles is 1. The Kier molecular flexibility index (Phi) is 3.86. The van der Waals surface area contributed by atoms with E-state index in [2.05, 4.69) is 10.4 Å². The molecule has 0 bridgehead atoms. The zero-order valence-electron chi connectivity index (χ0n) is 9.42. The molecule has 19 heavy (non-hydrogen) atoms. The average Bonchev–Trinajstić information content (AvgIpc) is 2.42. The summed E-state index contributed by atoms with van der Waals surface area (Å²) in [5, 5.41) is 9.04. The Morgan fingerprint density at radius 1 is 1.26 bits per heavy atom. The van der Waals surface area contributed by atoms with Crippen LogP contribution in [0.5, 0.6) is 0 Å². The maximum atomic E-state index is 13.5. The number of aromatic nitrogens is 1. The standard InChI is InChI=1S/C12H7Cl2FN4/c13-8-4-9(14)10(15)3-7(8)11-2-1-6(5-16)12(18-11)19-17/h1-4H,17H2,(H,18,19). The fraction of sp³-hybridized carbons (Fsp3) is 0. The van der Waals surface area contributed by atoms with Crippen LogP contribution in [0.4, 0.5) is 10.2 Å². The molecule has 0 radical (unpaired) electrons. The predicted molar refractivity (Wildman–Crippen MR) is 72.2 cm³/mol. The number of nitrogen functional groups attached to an aromatic ring is 1. The first-order chi connectivity index (χ1) is 9.06. The lowest BCUT2D eigenvalue weighted by Crippen LogP contribution is -2.10. The van der Waals surface area contributed by atoms with Gasteiger partial charge in [0, 0.05) is 5.56 Å². The Hall–Kier alpha value is -1.87. The van der Waals surface area contributed by atoms with Gasteiger partial charge in [-0.25, -0.2) is 15.2 Å². The molecule has 0 aliphatic carbocycles. The van der Waals surface area contributed by atoms with Gasteiger partial charge in [0.05, 0.1) is 21.3 Å². The summed E-state index contributed by atoms with van der Waals surface area (Å²) in [5.41, 5.74) is 3.33. The smallest absolute Gasteiger partial charge is 0.158 e. The van der Waals surface area contributed by atoms with E-state index in [0.29, 0.717) is 11.3 Å². The van der Waals surface area contributed by atoms with Crippen LogP contribution in [0.15, 0.2) is 24.3 Å². The largest absolute Gasteiger partial charge is 0.307 e. The van der Waals surface area contributed by atoms with E-state index in [1.807, 2.05) is 6.07 Å². The van der Waals surface area contributed by atoms with Crippen LogP contribution in [0.3, 0.4) is 0 Å². The summed E-state index contributed by atoms with van der Waals surface area (Å²) in [5.74, 6) is 4.86. The molecule has 7 heteroatoms. The maximum Gasteiger partial charge on any atom is 0.158 e. The third kappa shape index (κ3) is 2.61. The normalized spacial score (nSPS) is 10.1. The second kappa shape index (κ2) is 5.41. The number of nitrogens with one attached hydrogen (secondary N) is 1. The number of hydrogen-bond donors (Lipinski definition) is 2. The Morgan fingerprint density at radius 2 is 2.00 bits per heavy atom. The molecular formula is C12H7Cl2FN4. The minimum atomic E-state index is -0.602. The van der Waals surface area contributed by atoms with E-state index in [0.717, 1.165) is 0 Å². The summed E-state index contributed by atoms with van der Waals surface area (Å²) >= 11 is 11.6. The van der Waals surface area contributed by atoms with Crippen molar-refractivity contribution in [3.8, 4) is 17.3 Å². The highest BCUT2D eigenvalue weighted by atomic mass is 35.5. The molecule has 0 saturated heterocycles. The number of halogens is 3. The van der Waals surface area contributed by atoms with Gasteiger partial charge in [-0.05, 0) is 24.3 Å². The van der Waals surface area contributed by atoms with Crippen LogP contribution >= 0.6 is 23.2 Å². The molecular weight excluding hydrogens is 290 g/mol. The molecule has 96 valence electrons. The summed E-state index contributed by atoms with van der Waals surface area (Å²) in [7, 11) is 0. The number of nitrogens with two attached hydrogens (primary N) is 1. The van der Waals surface area contributed by atoms with Crippen LogP contribution in [0.1, 0.15) is 5.56 Å². The molecule has 2 rings (SSSR count). The predicted octanol–water partition coefficient (Wildman–Crippen LogP) is 3.35. The highest BCUT2D eigenvalue weighted by molar-refractivity contribution is 6.36. The van der Waals surface area contributed by atoms with Crippen molar-refractivity contribution in [2.24, 2.45) is 5.84 Å². The summed E-state index contributed by atoms with van der Waals surface area (Å²) < 4.78 is 13.5. The monoisotopic (exact) mass is 296 g/mol. The molecule has 4 nitrogen and oxygen atoms in total.